The van der Waals surface area contributed by atoms with Crippen molar-refractivity contribution in [2.24, 2.45) is 0 Å². The van der Waals surface area contributed by atoms with Crippen molar-refractivity contribution < 1.29 is 0 Å². The Morgan fingerprint density at radius 1 is 0.963 bits per heavy atom. The molecule has 0 spiro atoms. The molecule has 4 rings (SSSR count). The summed E-state index contributed by atoms with van der Waals surface area (Å²) < 4.78 is 2.45. The predicted octanol–water partition coefficient (Wildman–Crippen LogP) is 5.64. The van der Waals surface area contributed by atoms with Crippen molar-refractivity contribution in [2.75, 3.05) is 13.1 Å². The van der Waals surface area contributed by atoms with Crippen molar-refractivity contribution in [2.45, 2.75) is 59.0 Å². The maximum atomic E-state index is 5.09. The lowest BCUT2D eigenvalue weighted by Gasteiger charge is -2.28. The van der Waals surface area contributed by atoms with Gasteiger partial charge in [0.2, 0.25) is 0 Å². The van der Waals surface area contributed by atoms with Crippen LogP contribution in [0.25, 0.3) is 11.0 Å². The summed E-state index contributed by atoms with van der Waals surface area (Å²) in [5, 5.41) is 0. The number of nitrogens with zero attached hydrogens (tertiary/aromatic N) is 3. The first kappa shape index (κ1) is 18.2. The zero-order valence-electron chi connectivity index (χ0n) is 16.9. The van der Waals surface area contributed by atoms with Crippen LogP contribution in [0.4, 0.5) is 0 Å². The van der Waals surface area contributed by atoms with E-state index in [1.165, 1.54) is 66.8 Å². The maximum Gasteiger partial charge on any atom is 0.127 e. The maximum absolute atomic E-state index is 5.09. The van der Waals surface area contributed by atoms with Crippen molar-refractivity contribution in [3.05, 3.63) is 65.0 Å². The van der Waals surface area contributed by atoms with Crippen LogP contribution in [0.1, 0.15) is 61.2 Å². The smallest absolute Gasteiger partial charge is 0.127 e. The molecule has 27 heavy (non-hydrogen) atoms. The van der Waals surface area contributed by atoms with Crippen LogP contribution in [0.15, 0.2) is 42.5 Å². The van der Waals surface area contributed by atoms with Crippen molar-refractivity contribution >= 4 is 11.0 Å². The van der Waals surface area contributed by atoms with Crippen LogP contribution in [-0.2, 0) is 6.54 Å². The van der Waals surface area contributed by atoms with E-state index in [1.807, 2.05) is 0 Å². The minimum Gasteiger partial charge on any atom is -0.322 e. The summed E-state index contributed by atoms with van der Waals surface area (Å²) in [7, 11) is 0. The van der Waals surface area contributed by atoms with Crippen molar-refractivity contribution in [3.8, 4) is 0 Å². The third kappa shape index (κ3) is 3.79. The van der Waals surface area contributed by atoms with Gasteiger partial charge in [0.1, 0.15) is 5.82 Å². The van der Waals surface area contributed by atoms with Gasteiger partial charge in [-0.25, -0.2) is 4.98 Å². The second-order valence-electron chi connectivity index (χ2n) is 8.10. The number of hydrogen-bond acceptors (Lipinski definition) is 2. The van der Waals surface area contributed by atoms with Gasteiger partial charge in [-0.2, -0.15) is 0 Å². The molecule has 1 saturated heterocycles. The summed E-state index contributed by atoms with van der Waals surface area (Å²) in [6, 6.07) is 15.7. The molecule has 0 aliphatic carbocycles. The van der Waals surface area contributed by atoms with Crippen LogP contribution in [0.5, 0.6) is 0 Å². The van der Waals surface area contributed by atoms with Gasteiger partial charge >= 0.3 is 0 Å². The standard InChI is InChI=1S/C24H31N3/c1-18-12-13-19(2)21(16-18)17-27-23-11-7-6-10-22(23)25-24(27)20(3)26-14-8-4-5-9-15-26/h6-7,10-13,16,20H,4-5,8-9,14-15,17H2,1-3H3. The van der Waals surface area contributed by atoms with E-state index in [4.69, 9.17) is 4.98 Å². The Balaban J connectivity index is 1.76. The molecule has 0 radical (unpaired) electrons. The van der Waals surface area contributed by atoms with E-state index in [-0.39, 0.29) is 0 Å². The Bertz CT molecular complexity index is 917. The van der Waals surface area contributed by atoms with Crippen LogP contribution >= 0.6 is 0 Å². The van der Waals surface area contributed by atoms with E-state index in [9.17, 15) is 0 Å². The van der Waals surface area contributed by atoms with Gasteiger partial charge in [-0.1, -0.05) is 48.7 Å². The number of hydrogen-bond donors (Lipinski definition) is 0. The lowest BCUT2D eigenvalue weighted by molar-refractivity contribution is 0.208. The molecule has 1 fully saturated rings. The first-order chi connectivity index (χ1) is 13.1. The van der Waals surface area contributed by atoms with Gasteiger partial charge < -0.3 is 4.57 Å². The fourth-order valence-electron chi connectivity index (χ4n) is 4.37. The van der Waals surface area contributed by atoms with Crippen molar-refractivity contribution in [1.29, 1.82) is 0 Å². The first-order valence-corrected chi connectivity index (χ1v) is 10.4. The topological polar surface area (TPSA) is 21.1 Å². The molecule has 1 atom stereocenters. The number of para-hydroxylation sites is 2. The summed E-state index contributed by atoms with van der Waals surface area (Å²) in [5.41, 5.74) is 6.42. The lowest BCUT2D eigenvalue weighted by Crippen LogP contribution is -2.30. The molecule has 3 aromatic rings. The normalized spacial score (nSPS) is 17.1. The molecule has 3 nitrogen and oxygen atoms in total. The van der Waals surface area contributed by atoms with E-state index in [0.29, 0.717) is 6.04 Å². The van der Waals surface area contributed by atoms with E-state index in [0.717, 1.165) is 12.1 Å². The Kier molecular flexibility index (Phi) is 5.31. The average molecular weight is 362 g/mol. The Morgan fingerprint density at radius 2 is 1.70 bits per heavy atom. The molecule has 0 bridgehead atoms. The molecule has 3 heteroatoms. The molecule has 142 valence electrons. The van der Waals surface area contributed by atoms with E-state index < -0.39 is 0 Å². The first-order valence-electron chi connectivity index (χ1n) is 10.4. The van der Waals surface area contributed by atoms with Crippen LogP contribution in [0.3, 0.4) is 0 Å². The van der Waals surface area contributed by atoms with E-state index in [2.05, 4.69) is 72.7 Å². The molecule has 1 aliphatic heterocycles. The Labute approximate surface area is 163 Å². The second kappa shape index (κ2) is 7.85. The zero-order chi connectivity index (χ0) is 18.8. The minimum atomic E-state index is 0.348. The number of aryl methyl sites for hydroxylation is 2. The van der Waals surface area contributed by atoms with Gasteiger partial charge in [0.05, 0.1) is 17.1 Å². The molecule has 0 saturated carbocycles. The monoisotopic (exact) mass is 361 g/mol. The van der Waals surface area contributed by atoms with Gasteiger partial charge in [0.15, 0.2) is 0 Å². The van der Waals surface area contributed by atoms with E-state index >= 15 is 0 Å². The quantitative estimate of drug-likeness (QED) is 0.600. The number of imidazole rings is 1. The number of likely N-dealkylation sites (tertiary alicyclic amines) is 1. The van der Waals surface area contributed by atoms with Crippen LogP contribution in [0.2, 0.25) is 0 Å². The number of fused-ring (bicyclic) bond motifs is 1. The lowest BCUT2D eigenvalue weighted by atomic mass is 10.1. The Morgan fingerprint density at radius 3 is 2.48 bits per heavy atom. The van der Waals surface area contributed by atoms with Gasteiger partial charge in [-0.3, -0.25) is 4.90 Å². The van der Waals surface area contributed by atoms with Gasteiger partial charge in [-0.15, -0.1) is 0 Å². The molecular weight excluding hydrogens is 330 g/mol. The summed E-state index contributed by atoms with van der Waals surface area (Å²) in [5.74, 6) is 1.21. The van der Waals surface area contributed by atoms with Crippen molar-refractivity contribution in [3.63, 3.8) is 0 Å². The Hall–Kier alpha value is -2.13. The van der Waals surface area contributed by atoms with Crippen LogP contribution in [0, 0.1) is 13.8 Å². The van der Waals surface area contributed by atoms with Gasteiger partial charge in [0, 0.05) is 6.54 Å². The van der Waals surface area contributed by atoms with Gasteiger partial charge in [-0.05, 0) is 70.0 Å². The summed E-state index contributed by atoms with van der Waals surface area (Å²) in [6.07, 6.45) is 5.34. The number of rotatable bonds is 4. The van der Waals surface area contributed by atoms with Crippen molar-refractivity contribution in [1.82, 2.24) is 14.5 Å². The molecule has 1 aliphatic rings. The summed E-state index contributed by atoms with van der Waals surface area (Å²) >= 11 is 0. The molecule has 2 heterocycles. The SMILES string of the molecule is Cc1ccc(C)c(Cn2c(C(C)N3CCCCCC3)nc3ccccc32)c1. The minimum absolute atomic E-state index is 0.348. The average Bonchev–Trinajstić information content (AvgIpc) is 2.84. The zero-order valence-corrected chi connectivity index (χ0v) is 16.9. The highest BCUT2D eigenvalue weighted by atomic mass is 15.2. The van der Waals surface area contributed by atoms with Crippen LogP contribution < -0.4 is 0 Å². The molecular formula is C24H31N3. The number of benzene rings is 2. The number of aromatic nitrogens is 2. The molecule has 1 aromatic heterocycles. The second-order valence-corrected chi connectivity index (χ2v) is 8.10. The molecule has 0 amide bonds. The highest BCUT2D eigenvalue weighted by molar-refractivity contribution is 5.76. The molecule has 2 aromatic carbocycles. The third-order valence-electron chi connectivity index (χ3n) is 6.08. The van der Waals surface area contributed by atoms with Crippen LogP contribution in [-0.4, -0.2) is 27.5 Å². The molecule has 0 N–H and O–H groups in total. The largest absolute Gasteiger partial charge is 0.322 e. The fourth-order valence-corrected chi connectivity index (χ4v) is 4.37. The fraction of sp³-hybridized carbons (Fsp3) is 0.458. The summed E-state index contributed by atoms with van der Waals surface area (Å²) in [6.45, 7) is 10.00. The summed E-state index contributed by atoms with van der Waals surface area (Å²) in [4.78, 5) is 7.72. The third-order valence-corrected chi connectivity index (χ3v) is 6.08. The highest BCUT2D eigenvalue weighted by Crippen LogP contribution is 2.28. The van der Waals surface area contributed by atoms with Gasteiger partial charge in [0.25, 0.3) is 0 Å². The van der Waals surface area contributed by atoms with E-state index in [1.54, 1.807) is 0 Å². The highest BCUT2D eigenvalue weighted by Gasteiger charge is 2.23. The predicted molar refractivity (Wildman–Crippen MR) is 113 cm³/mol. The molecule has 1 unspecified atom stereocenters.